The van der Waals surface area contributed by atoms with E-state index in [-0.39, 0.29) is 19.2 Å². The summed E-state index contributed by atoms with van der Waals surface area (Å²) in [5.41, 5.74) is 1.79. The molecule has 1 atom stereocenters. The smallest absolute Gasteiger partial charge is 0.332 e. The van der Waals surface area contributed by atoms with Crippen LogP contribution in [-0.4, -0.2) is 18.6 Å². The molecular formula is C16H15NO3. The third-order valence-electron chi connectivity index (χ3n) is 3.13. The first kappa shape index (κ1) is 12.5. The lowest BCUT2D eigenvalue weighted by molar-refractivity contribution is -0.146. The van der Waals surface area contributed by atoms with Gasteiger partial charge < -0.3 is 14.8 Å². The monoisotopic (exact) mass is 269 g/mol. The van der Waals surface area contributed by atoms with Gasteiger partial charge in [-0.3, -0.25) is 0 Å². The summed E-state index contributed by atoms with van der Waals surface area (Å²) in [4.78, 5) is 12.0. The number of benzene rings is 2. The van der Waals surface area contributed by atoms with E-state index in [1.54, 1.807) is 0 Å². The zero-order valence-electron chi connectivity index (χ0n) is 10.9. The molecule has 0 radical (unpaired) electrons. The van der Waals surface area contributed by atoms with Crippen LogP contribution in [0.5, 0.6) is 5.75 Å². The Morgan fingerprint density at radius 2 is 1.90 bits per heavy atom. The number of carbonyl (C=O) groups is 1. The standard InChI is InChI=1S/C16H15NO3/c18-16(20-10-12-6-2-1-3-7-12)14-11-19-15-9-5-4-8-13(15)17-14/h1-9,14,17H,10-11H2. The van der Waals surface area contributed by atoms with Crippen molar-refractivity contribution >= 4 is 11.7 Å². The SMILES string of the molecule is O=C(OCc1ccccc1)C1COc2ccccc2N1. The average molecular weight is 269 g/mol. The highest BCUT2D eigenvalue weighted by Gasteiger charge is 2.26. The Labute approximate surface area is 117 Å². The molecule has 0 saturated carbocycles. The molecule has 0 aromatic heterocycles. The van der Waals surface area contributed by atoms with Crippen molar-refractivity contribution < 1.29 is 14.3 Å². The maximum atomic E-state index is 12.0. The highest BCUT2D eigenvalue weighted by atomic mass is 16.5. The molecule has 4 heteroatoms. The Balaban J connectivity index is 1.59. The van der Waals surface area contributed by atoms with Gasteiger partial charge in [-0.2, -0.15) is 0 Å². The molecule has 3 rings (SSSR count). The topological polar surface area (TPSA) is 47.6 Å². The van der Waals surface area contributed by atoms with Crippen molar-refractivity contribution in [3.63, 3.8) is 0 Å². The summed E-state index contributed by atoms with van der Waals surface area (Å²) in [5.74, 6) is 0.461. The van der Waals surface area contributed by atoms with Crippen LogP contribution in [0.15, 0.2) is 54.6 Å². The van der Waals surface area contributed by atoms with Gasteiger partial charge in [0.1, 0.15) is 19.0 Å². The van der Waals surface area contributed by atoms with E-state index in [2.05, 4.69) is 5.32 Å². The highest BCUT2D eigenvalue weighted by molar-refractivity contribution is 5.81. The van der Waals surface area contributed by atoms with E-state index in [9.17, 15) is 4.79 Å². The molecule has 0 spiro atoms. The molecule has 2 aromatic rings. The lowest BCUT2D eigenvalue weighted by Gasteiger charge is -2.25. The molecule has 0 amide bonds. The first-order chi connectivity index (χ1) is 9.83. The lowest BCUT2D eigenvalue weighted by Crippen LogP contribution is -2.39. The van der Waals surface area contributed by atoms with Crippen molar-refractivity contribution in [2.75, 3.05) is 11.9 Å². The number of fused-ring (bicyclic) bond motifs is 1. The number of esters is 1. The van der Waals surface area contributed by atoms with E-state index in [1.807, 2.05) is 54.6 Å². The normalized spacial score (nSPS) is 16.5. The first-order valence-electron chi connectivity index (χ1n) is 6.52. The Morgan fingerprint density at radius 1 is 1.15 bits per heavy atom. The van der Waals surface area contributed by atoms with E-state index < -0.39 is 6.04 Å². The fourth-order valence-electron chi connectivity index (χ4n) is 2.07. The van der Waals surface area contributed by atoms with Gasteiger partial charge in [-0.25, -0.2) is 4.79 Å². The van der Waals surface area contributed by atoms with Crippen LogP contribution in [0.1, 0.15) is 5.56 Å². The van der Waals surface area contributed by atoms with Crippen LogP contribution >= 0.6 is 0 Å². The van der Waals surface area contributed by atoms with E-state index in [1.165, 1.54) is 0 Å². The average Bonchev–Trinajstić information content (AvgIpc) is 2.53. The van der Waals surface area contributed by atoms with Gasteiger partial charge in [0, 0.05) is 0 Å². The molecule has 1 aliphatic rings. The van der Waals surface area contributed by atoms with Crippen LogP contribution in [0.2, 0.25) is 0 Å². The molecule has 0 fully saturated rings. The first-order valence-corrected chi connectivity index (χ1v) is 6.52. The second-order valence-electron chi connectivity index (χ2n) is 4.60. The molecule has 4 nitrogen and oxygen atoms in total. The van der Waals surface area contributed by atoms with Gasteiger partial charge in [-0.15, -0.1) is 0 Å². The minimum absolute atomic E-state index is 0.277. The van der Waals surface area contributed by atoms with Crippen molar-refractivity contribution in [2.45, 2.75) is 12.6 Å². The molecule has 0 bridgehead atoms. The van der Waals surface area contributed by atoms with Crippen molar-refractivity contribution in [2.24, 2.45) is 0 Å². The van der Waals surface area contributed by atoms with Crippen LogP contribution in [0.4, 0.5) is 5.69 Å². The third-order valence-corrected chi connectivity index (χ3v) is 3.13. The van der Waals surface area contributed by atoms with E-state index >= 15 is 0 Å². The van der Waals surface area contributed by atoms with E-state index in [0.29, 0.717) is 0 Å². The maximum Gasteiger partial charge on any atom is 0.332 e. The maximum absolute atomic E-state index is 12.0. The number of ether oxygens (including phenoxy) is 2. The summed E-state index contributed by atoms with van der Waals surface area (Å²) in [6.45, 7) is 0.560. The largest absolute Gasteiger partial charge is 0.489 e. The summed E-state index contributed by atoms with van der Waals surface area (Å²) >= 11 is 0. The summed E-state index contributed by atoms with van der Waals surface area (Å²) < 4.78 is 10.8. The number of hydrogen-bond donors (Lipinski definition) is 1. The molecule has 1 N–H and O–H groups in total. The number of anilines is 1. The molecular weight excluding hydrogens is 254 g/mol. The Hall–Kier alpha value is -2.49. The van der Waals surface area contributed by atoms with Crippen LogP contribution in [0, 0.1) is 0 Å². The number of nitrogens with one attached hydrogen (secondary N) is 1. The van der Waals surface area contributed by atoms with Gasteiger partial charge in [0.25, 0.3) is 0 Å². The Morgan fingerprint density at radius 3 is 2.75 bits per heavy atom. The quantitative estimate of drug-likeness (QED) is 0.870. The van der Waals surface area contributed by atoms with Crippen LogP contribution in [0.25, 0.3) is 0 Å². The second-order valence-corrected chi connectivity index (χ2v) is 4.60. The van der Waals surface area contributed by atoms with Crippen LogP contribution in [0.3, 0.4) is 0 Å². The Bertz CT molecular complexity index is 598. The fraction of sp³-hybridized carbons (Fsp3) is 0.188. The fourth-order valence-corrected chi connectivity index (χ4v) is 2.07. The second kappa shape index (κ2) is 5.65. The molecule has 0 saturated heterocycles. The molecule has 0 aliphatic carbocycles. The summed E-state index contributed by atoms with van der Waals surface area (Å²) in [7, 11) is 0. The molecule has 1 aliphatic heterocycles. The highest BCUT2D eigenvalue weighted by Crippen LogP contribution is 2.28. The van der Waals surface area contributed by atoms with Gasteiger partial charge in [0.05, 0.1) is 5.69 Å². The van der Waals surface area contributed by atoms with Crippen molar-refractivity contribution in [1.29, 1.82) is 0 Å². The number of hydrogen-bond acceptors (Lipinski definition) is 4. The van der Waals surface area contributed by atoms with Gasteiger partial charge in [0.15, 0.2) is 6.04 Å². The minimum atomic E-state index is -0.464. The molecule has 1 unspecified atom stereocenters. The van der Waals surface area contributed by atoms with Crippen LogP contribution < -0.4 is 10.1 Å². The van der Waals surface area contributed by atoms with Crippen LogP contribution in [-0.2, 0) is 16.1 Å². The zero-order chi connectivity index (χ0) is 13.8. The van der Waals surface area contributed by atoms with Crippen molar-refractivity contribution in [3.8, 4) is 5.75 Å². The molecule has 2 aromatic carbocycles. The zero-order valence-corrected chi connectivity index (χ0v) is 10.9. The number of rotatable bonds is 3. The van der Waals surface area contributed by atoms with Crippen molar-refractivity contribution in [3.05, 3.63) is 60.2 Å². The van der Waals surface area contributed by atoms with E-state index in [0.717, 1.165) is 17.0 Å². The van der Waals surface area contributed by atoms with Gasteiger partial charge in [-0.05, 0) is 17.7 Å². The minimum Gasteiger partial charge on any atom is -0.489 e. The predicted molar refractivity (Wildman–Crippen MR) is 75.6 cm³/mol. The molecule has 102 valence electrons. The molecule has 1 heterocycles. The van der Waals surface area contributed by atoms with Gasteiger partial charge >= 0.3 is 5.97 Å². The Kier molecular flexibility index (Phi) is 3.54. The summed E-state index contributed by atoms with van der Waals surface area (Å²) in [6.07, 6.45) is 0. The van der Waals surface area contributed by atoms with Crippen molar-refractivity contribution in [1.82, 2.24) is 0 Å². The summed E-state index contributed by atoms with van der Waals surface area (Å²) in [5, 5.41) is 3.13. The number of para-hydroxylation sites is 2. The number of carbonyl (C=O) groups excluding carboxylic acids is 1. The van der Waals surface area contributed by atoms with Gasteiger partial charge in [0.2, 0.25) is 0 Å². The predicted octanol–water partition coefficient (Wildman–Crippen LogP) is 2.60. The lowest BCUT2D eigenvalue weighted by atomic mass is 10.2. The molecule has 20 heavy (non-hydrogen) atoms. The van der Waals surface area contributed by atoms with Gasteiger partial charge in [-0.1, -0.05) is 42.5 Å². The van der Waals surface area contributed by atoms with E-state index in [4.69, 9.17) is 9.47 Å². The third kappa shape index (κ3) is 2.74. The summed E-state index contributed by atoms with van der Waals surface area (Å²) in [6, 6.07) is 16.7.